The Kier molecular flexibility index (Phi) is 11.6. The summed E-state index contributed by atoms with van der Waals surface area (Å²) in [5.74, 6) is -0.238. The van der Waals surface area contributed by atoms with Gasteiger partial charge in [0.25, 0.3) is 5.91 Å². The number of aromatic amines is 1. The normalized spacial score (nSPS) is 16.2. The zero-order chi connectivity index (χ0) is 36.0. The summed E-state index contributed by atoms with van der Waals surface area (Å²) in [6.45, 7) is 8.68. The molecule has 3 N–H and O–H groups in total. The molecule has 4 aromatic rings. The van der Waals surface area contributed by atoms with Crippen molar-refractivity contribution in [3.05, 3.63) is 83.1 Å². The van der Waals surface area contributed by atoms with Gasteiger partial charge >= 0.3 is 6.09 Å². The summed E-state index contributed by atoms with van der Waals surface area (Å²) in [4.78, 5) is 48.9. The Balaban J connectivity index is 1.27. The van der Waals surface area contributed by atoms with Crippen molar-refractivity contribution < 1.29 is 28.2 Å². The molecule has 1 aliphatic heterocycles. The molecule has 2 aromatic heterocycles. The number of nitrogens with one attached hydrogen (secondary N) is 3. The summed E-state index contributed by atoms with van der Waals surface area (Å²) in [5, 5.41) is 6.88. The second kappa shape index (κ2) is 15.9. The van der Waals surface area contributed by atoms with Gasteiger partial charge in [0.2, 0.25) is 5.91 Å². The fourth-order valence-corrected chi connectivity index (χ4v) is 6.60. The van der Waals surface area contributed by atoms with Gasteiger partial charge in [0.15, 0.2) is 6.36 Å². The SMILES string of the molecule is COC(F)CCc1cccc2c(C)c(C3CCCN(C(=O)CC(Cc4ccc(NC(=O)c5cn(C)cn5)cc4)NC(=O)OC(C)(C)C)C3)[nH]c12. The summed E-state index contributed by atoms with van der Waals surface area (Å²) < 4.78 is 25.9. The highest BCUT2D eigenvalue weighted by Gasteiger charge is 2.30. The number of hydrogen-bond donors (Lipinski definition) is 3. The van der Waals surface area contributed by atoms with Gasteiger partial charge in [0.05, 0.1) is 6.33 Å². The number of aromatic nitrogens is 3. The van der Waals surface area contributed by atoms with Crippen LogP contribution in [-0.2, 0) is 34.2 Å². The number of anilines is 1. The first kappa shape index (κ1) is 36.6. The Hall–Kier alpha value is -4.71. The van der Waals surface area contributed by atoms with Crippen molar-refractivity contribution >= 4 is 34.5 Å². The van der Waals surface area contributed by atoms with Gasteiger partial charge in [-0.15, -0.1) is 0 Å². The zero-order valence-corrected chi connectivity index (χ0v) is 29.8. The van der Waals surface area contributed by atoms with Gasteiger partial charge in [-0.1, -0.05) is 30.3 Å². The van der Waals surface area contributed by atoms with Gasteiger partial charge in [-0.2, -0.15) is 0 Å². The number of rotatable bonds is 12. The number of fused-ring (bicyclic) bond motifs is 1. The molecule has 1 fully saturated rings. The number of H-pyrrole nitrogens is 1. The first-order valence-corrected chi connectivity index (χ1v) is 17.2. The molecule has 2 aromatic carbocycles. The van der Waals surface area contributed by atoms with Crippen LogP contribution in [0, 0.1) is 6.92 Å². The topological polar surface area (TPSA) is 131 Å². The summed E-state index contributed by atoms with van der Waals surface area (Å²) in [6.07, 6.45) is 4.43. The van der Waals surface area contributed by atoms with Crippen molar-refractivity contribution in [3.8, 4) is 0 Å². The number of methoxy groups -OCH3 is 1. The number of alkyl halides is 1. The third-order valence-electron chi connectivity index (χ3n) is 9.07. The van der Waals surface area contributed by atoms with Crippen LogP contribution in [-0.4, -0.2) is 75.5 Å². The minimum atomic E-state index is -1.31. The smallest absolute Gasteiger partial charge is 0.407 e. The highest BCUT2D eigenvalue weighted by Crippen LogP contribution is 2.34. The lowest BCUT2D eigenvalue weighted by molar-refractivity contribution is -0.132. The van der Waals surface area contributed by atoms with Crippen LogP contribution in [0.4, 0.5) is 14.9 Å². The molecule has 50 heavy (non-hydrogen) atoms. The third kappa shape index (κ3) is 9.50. The largest absolute Gasteiger partial charge is 0.444 e. The molecule has 1 saturated heterocycles. The number of para-hydroxylation sites is 1. The van der Waals surface area contributed by atoms with Crippen LogP contribution < -0.4 is 10.6 Å². The number of nitrogens with zero attached hydrogens (tertiary/aromatic N) is 3. The van der Waals surface area contributed by atoms with Crippen molar-refractivity contribution in [3.63, 3.8) is 0 Å². The molecule has 3 unspecified atom stereocenters. The lowest BCUT2D eigenvalue weighted by atomic mass is 9.91. The van der Waals surface area contributed by atoms with E-state index in [4.69, 9.17) is 9.47 Å². The molecule has 1 aliphatic rings. The Morgan fingerprint density at radius 3 is 2.58 bits per heavy atom. The molecule has 0 radical (unpaired) electrons. The number of piperidine rings is 1. The number of hydrogen-bond acceptors (Lipinski definition) is 6. The van der Waals surface area contributed by atoms with Crippen LogP contribution in [0.5, 0.6) is 0 Å². The van der Waals surface area contributed by atoms with Crippen LogP contribution in [0.3, 0.4) is 0 Å². The molecule has 5 rings (SSSR count). The van der Waals surface area contributed by atoms with E-state index in [1.54, 1.807) is 57.0 Å². The van der Waals surface area contributed by atoms with E-state index < -0.39 is 24.1 Å². The number of halogens is 1. The van der Waals surface area contributed by atoms with E-state index >= 15 is 0 Å². The maximum absolute atomic E-state index is 13.9. The number of imidazole rings is 1. The van der Waals surface area contributed by atoms with Crippen molar-refractivity contribution in [2.45, 2.75) is 90.1 Å². The number of benzene rings is 2. The average Bonchev–Trinajstić information content (AvgIpc) is 3.66. The minimum Gasteiger partial charge on any atom is -0.444 e. The van der Waals surface area contributed by atoms with E-state index in [0.29, 0.717) is 37.3 Å². The molecular weight excluding hydrogens is 639 g/mol. The van der Waals surface area contributed by atoms with Crippen molar-refractivity contribution in [2.75, 3.05) is 25.5 Å². The Morgan fingerprint density at radius 1 is 1.14 bits per heavy atom. The van der Waals surface area contributed by atoms with E-state index in [0.717, 1.165) is 46.1 Å². The zero-order valence-electron chi connectivity index (χ0n) is 29.8. The second-order valence-corrected chi connectivity index (χ2v) is 14.2. The molecule has 3 atom stereocenters. The molecular formula is C38H49FN6O5. The van der Waals surface area contributed by atoms with Crippen LogP contribution in [0.1, 0.15) is 85.2 Å². The molecule has 11 nitrogen and oxygen atoms in total. The third-order valence-corrected chi connectivity index (χ3v) is 9.07. The lowest BCUT2D eigenvalue weighted by Gasteiger charge is -2.34. The maximum Gasteiger partial charge on any atom is 0.407 e. The van der Waals surface area contributed by atoms with Gasteiger partial charge < -0.3 is 34.6 Å². The minimum absolute atomic E-state index is 0.0435. The van der Waals surface area contributed by atoms with Crippen molar-refractivity contribution in [2.24, 2.45) is 7.05 Å². The molecule has 3 heterocycles. The van der Waals surface area contributed by atoms with E-state index in [1.807, 2.05) is 29.2 Å². The van der Waals surface area contributed by atoms with Crippen LogP contribution >= 0.6 is 0 Å². The van der Waals surface area contributed by atoms with Gasteiger partial charge in [0, 0.05) is 80.5 Å². The number of aryl methyl sites for hydroxylation is 3. The number of ether oxygens (including phenoxy) is 2. The molecule has 268 valence electrons. The van der Waals surface area contributed by atoms with E-state index in [-0.39, 0.29) is 30.6 Å². The van der Waals surface area contributed by atoms with Crippen molar-refractivity contribution in [1.29, 1.82) is 0 Å². The van der Waals surface area contributed by atoms with Crippen LogP contribution in [0.15, 0.2) is 55.0 Å². The maximum atomic E-state index is 13.9. The number of alkyl carbamates (subject to hydrolysis) is 1. The summed E-state index contributed by atoms with van der Waals surface area (Å²) in [6, 6.07) is 12.9. The van der Waals surface area contributed by atoms with Gasteiger partial charge in [-0.3, -0.25) is 9.59 Å². The highest BCUT2D eigenvalue weighted by molar-refractivity contribution is 6.02. The summed E-state index contributed by atoms with van der Waals surface area (Å²) >= 11 is 0. The summed E-state index contributed by atoms with van der Waals surface area (Å²) in [5.41, 5.74) is 5.42. The number of carbonyl (C=O) groups is 3. The average molecular weight is 689 g/mol. The van der Waals surface area contributed by atoms with Gasteiger partial charge in [0.1, 0.15) is 11.3 Å². The predicted octanol–water partition coefficient (Wildman–Crippen LogP) is 6.57. The molecule has 3 amide bonds. The second-order valence-electron chi connectivity index (χ2n) is 14.2. The predicted molar refractivity (Wildman–Crippen MR) is 191 cm³/mol. The van der Waals surface area contributed by atoms with E-state index in [2.05, 4.69) is 33.6 Å². The van der Waals surface area contributed by atoms with Crippen LogP contribution in [0.2, 0.25) is 0 Å². The highest BCUT2D eigenvalue weighted by atomic mass is 19.1. The molecule has 0 saturated carbocycles. The Bertz CT molecular complexity index is 1790. The molecule has 0 spiro atoms. The monoisotopic (exact) mass is 688 g/mol. The fourth-order valence-electron chi connectivity index (χ4n) is 6.60. The Morgan fingerprint density at radius 2 is 1.90 bits per heavy atom. The Labute approximate surface area is 292 Å². The van der Waals surface area contributed by atoms with Crippen molar-refractivity contribution in [1.82, 2.24) is 24.8 Å². The van der Waals surface area contributed by atoms with Gasteiger partial charge in [-0.25, -0.2) is 14.2 Å². The molecule has 0 bridgehead atoms. The fraction of sp³-hybridized carbons (Fsp3) is 0.474. The van der Waals surface area contributed by atoms with E-state index in [9.17, 15) is 18.8 Å². The number of carbonyl (C=O) groups excluding carboxylic acids is 3. The first-order chi connectivity index (χ1) is 23.8. The first-order valence-electron chi connectivity index (χ1n) is 17.2. The molecule has 12 heteroatoms. The number of likely N-dealkylation sites (tertiary alicyclic amines) is 1. The quantitative estimate of drug-likeness (QED) is 0.154. The summed E-state index contributed by atoms with van der Waals surface area (Å²) in [7, 11) is 3.17. The molecule has 0 aliphatic carbocycles. The lowest BCUT2D eigenvalue weighted by Crippen LogP contribution is -2.45. The standard InChI is InChI=1S/C38H49FN6O5/c1-24-30-11-7-9-26(14-17-32(39)49-6)35(30)43-34(24)27-10-8-18-45(21-27)33(46)20-29(42-37(48)50-38(2,3)4)19-25-12-15-28(16-13-25)41-36(47)31-22-44(5)23-40-31/h7,9,11-13,15-16,22-23,27,29,32,43H,8,10,14,17-21H2,1-6H3,(H,41,47)(H,42,48). The van der Waals surface area contributed by atoms with Gasteiger partial charge in [-0.05, 0) is 82.2 Å². The van der Waals surface area contributed by atoms with E-state index in [1.165, 1.54) is 7.11 Å². The number of amides is 3. The van der Waals surface area contributed by atoms with Crippen LogP contribution in [0.25, 0.3) is 10.9 Å².